The van der Waals surface area contributed by atoms with Crippen LogP contribution in [-0.4, -0.2) is 0 Å². The molecule has 0 atom stereocenters. The molecular weight excluding hydrogens is 264 g/mol. The van der Waals surface area contributed by atoms with Crippen molar-refractivity contribution in [2.75, 3.05) is 0 Å². The van der Waals surface area contributed by atoms with Crippen LogP contribution in [0.5, 0.6) is 0 Å². The minimum atomic E-state index is 0.203. The minimum Gasteiger partial charge on any atom is -0.0576 e. The lowest BCUT2D eigenvalue weighted by Crippen LogP contribution is -2.13. The molecule has 0 aromatic heterocycles. The number of benzene rings is 2. The molecule has 0 bridgehead atoms. The molecule has 0 aliphatic heterocycles. The summed E-state index contributed by atoms with van der Waals surface area (Å²) in [5.74, 6) is 0. The second kappa shape index (κ2) is 5.57. The van der Waals surface area contributed by atoms with Gasteiger partial charge in [0.25, 0.3) is 0 Å². The van der Waals surface area contributed by atoms with Crippen molar-refractivity contribution in [2.24, 2.45) is 0 Å². The van der Waals surface area contributed by atoms with Crippen molar-refractivity contribution in [3.63, 3.8) is 0 Å². The lowest BCUT2D eigenvalue weighted by atomic mass is 9.81. The highest BCUT2D eigenvalue weighted by Gasteiger charge is 2.18. The Morgan fingerprint density at radius 3 is 1.09 bits per heavy atom. The van der Waals surface area contributed by atoms with E-state index in [1.807, 2.05) is 0 Å². The fraction of sp³-hybridized carbons (Fsp3) is 0.455. The van der Waals surface area contributed by atoms with Gasteiger partial charge in [-0.05, 0) is 58.1 Å². The van der Waals surface area contributed by atoms with E-state index in [1.54, 1.807) is 0 Å². The van der Waals surface area contributed by atoms with Gasteiger partial charge in [-0.25, -0.2) is 0 Å². The fourth-order valence-electron chi connectivity index (χ4n) is 3.37. The van der Waals surface area contributed by atoms with E-state index in [-0.39, 0.29) is 10.8 Å². The Bertz CT molecular complexity index is 615. The summed E-state index contributed by atoms with van der Waals surface area (Å²) in [6.07, 6.45) is 0. The van der Waals surface area contributed by atoms with Crippen LogP contribution in [0.25, 0.3) is 11.1 Å². The fourth-order valence-corrected chi connectivity index (χ4v) is 3.37. The van der Waals surface area contributed by atoms with Gasteiger partial charge in [-0.3, -0.25) is 0 Å². The highest BCUT2D eigenvalue weighted by Crippen LogP contribution is 2.32. The number of aryl methyl sites for hydroxylation is 2. The Hall–Kier alpha value is -1.56. The molecule has 0 heterocycles. The highest BCUT2D eigenvalue weighted by atomic mass is 14.2. The zero-order chi connectivity index (χ0) is 16.7. The summed E-state index contributed by atoms with van der Waals surface area (Å²) in [5, 5.41) is 0. The summed E-state index contributed by atoms with van der Waals surface area (Å²) < 4.78 is 0. The zero-order valence-corrected chi connectivity index (χ0v) is 15.5. The van der Waals surface area contributed by atoms with Crippen LogP contribution in [-0.2, 0) is 10.8 Å². The monoisotopic (exact) mass is 294 g/mol. The maximum absolute atomic E-state index is 2.33. The lowest BCUT2D eigenvalue weighted by molar-refractivity contribution is 0.585. The van der Waals surface area contributed by atoms with Gasteiger partial charge in [-0.15, -0.1) is 0 Å². The summed E-state index contributed by atoms with van der Waals surface area (Å²) in [7, 11) is 0. The molecule has 0 N–H and O–H groups in total. The molecule has 0 aliphatic carbocycles. The molecule has 0 aliphatic rings. The zero-order valence-electron chi connectivity index (χ0n) is 15.5. The van der Waals surface area contributed by atoms with Gasteiger partial charge in [0, 0.05) is 0 Å². The molecule has 118 valence electrons. The Labute approximate surface area is 136 Å². The number of rotatable bonds is 1. The van der Waals surface area contributed by atoms with E-state index < -0.39 is 0 Å². The highest BCUT2D eigenvalue weighted by molar-refractivity contribution is 5.67. The van der Waals surface area contributed by atoms with E-state index in [0.29, 0.717) is 0 Å². The molecule has 0 amide bonds. The summed E-state index contributed by atoms with van der Waals surface area (Å²) in [6, 6.07) is 13.8. The topological polar surface area (TPSA) is 0 Å². The van der Waals surface area contributed by atoms with E-state index >= 15 is 0 Å². The molecule has 0 fully saturated rings. The lowest BCUT2D eigenvalue weighted by Gasteiger charge is -2.23. The van der Waals surface area contributed by atoms with Gasteiger partial charge >= 0.3 is 0 Å². The van der Waals surface area contributed by atoms with Crippen molar-refractivity contribution in [3.05, 3.63) is 58.7 Å². The van der Waals surface area contributed by atoms with Crippen molar-refractivity contribution in [2.45, 2.75) is 66.2 Å². The van der Waals surface area contributed by atoms with Gasteiger partial charge in [0.05, 0.1) is 0 Å². The van der Waals surface area contributed by atoms with Gasteiger partial charge in [0.1, 0.15) is 0 Å². The molecule has 0 radical (unpaired) electrons. The van der Waals surface area contributed by atoms with Gasteiger partial charge in [-0.1, -0.05) is 77.9 Å². The normalized spacial score (nSPS) is 12.5. The quantitative estimate of drug-likeness (QED) is 0.558. The van der Waals surface area contributed by atoms with E-state index in [0.717, 1.165) is 0 Å². The van der Waals surface area contributed by atoms with Gasteiger partial charge in [0.2, 0.25) is 0 Å². The minimum absolute atomic E-state index is 0.203. The van der Waals surface area contributed by atoms with Crippen LogP contribution in [0.4, 0.5) is 0 Å². The van der Waals surface area contributed by atoms with Crippen molar-refractivity contribution in [1.82, 2.24) is 0 Å². The molecule has 0 saturated heterocycles. The third-order valence-electron chi connectivity index (χ3n) is 4.40. The van der Waals surface area contributed by atoms with Crippen LogP contribution in [0.2, 0.25) is 0 Å². The van der Waals surface area contributed by atoms with Crippen molar-refractivity contribution in [1.29, 1.82) is 0 Å². The second-order valence-electron chi connectivity index (χ2n) is 8.56. The Morgan fingerprint density at radius 2 is 0.864 bits per heavy atom. The molecule has 2 aromatic rings. The molecule has 0 saturated carbocycles. The van der Waals surface area contributed by atoms with Crippen LogP contribution in [0.3, 0.4) is 0 Å². The largest absolute Gasteiger partial charge is 0.0576 e. The summed E-state index contributed by atoms with van der Waals surface area (Å²) in [4.78, 5) is 0. The molecule has 0 spiro atoms. The smallest absolute Gasteiger partial charge is 0.0129 e. The molecule has 2 aromatic carbocycles. The third-order valence-corrected chi connectivity index (χ3v) is 4.40. The Balaban J connectivity index is 2.46. The van der Waals surface area contributed by atoms with E-state index in [9.17, 15) is 0 Å². The third kappa shape index (κ3) is 3.43. The molecule has 0 nitrogen and oxygen atoms in total. The standard InChI is InChI=1S/C22H30/c1-15-13-17(9-11-19(15)21(3,4)5)18-10-12-20(16(2)14-18)22(6,7)8/h9-14H,1-8H3. The first-order valence-electron chi connectivity index (χ1n) is 8.23. The SMILES string of the molecule is Cc1cc(-c2ccc(C(C)(C)C)c(C)c2)ccc1C(C)(C)C. The van der Waals surface area contributed by atoms with Crippen molar-refractivity contribution in [3.8, 4) is 11.1 Å². The van der Waals surface area contributed by atoms with Crippen LogP contribution < -0.4 is 0 Å². The molecule has 22 heavy (non-hydrogen) atoms. The molecule has 0 unspecified atom stereocenters. The summed E-state index contributed by atoms with van der Waals surface area (Å²) >= 11 is 0. The van der Waals surface area contributed by atoms with Crippen LogP contribution >= 0.6 is 0 Å². The summed E-state index contributed by atoms with van der Waals surface area (Å²) in [6.45, 7) is 18.1. The van der Waals surface area contributed by atoms with Crippen molar-refractivity contribution >= 4 is 0 Å². The molecular formula is C22H30. The summed E-state index contributed by atoms with van der Waals surface area (Å²) in [5.41, 5.74) is 8.65. The number of hydrogen-bond acceptors (Lipinski definition) is 0. The van der Waals surface area contributed by atoms with E-state index in [1.165, 1.54) is 33.4 Å². The first-order chi connectivity index (χ1) is 10.00. The maximum atomic E-state index is 2.33. The van der Waals surface area contributed by atoms with Crippen LogP contribution in [0.1, 0.15) is 63.8 Å². The molecule has 0 heteroatoms. The average Bonchev–Trinajstić information content (AvgIpc) is 2.35. The van der Waals surface area contributed by atoms with E-state index in [2.05, 4.69) is 91.8 Å². The molecule has 2 rings (SSSR count). The number of hydrogen-bond donors (Lipinski definition) is 0. The first-order valence-corrected chi connectivity index (χ1v) is 8.23. The van der Waals surface area contributed by atoms with Gasteiger partial charge in [0.15, 0.2) is 0 Å². The Kier molecular flexibility index (Phi) is 4.26. The van der Waals surface area contributed by atoms with Gasteiger partial charge < -0.3 is 0 Å². The van der Waals surface area contributed by atoms with Crippen LogP contribution in [0.15, 0.2) is 36.4 Å². The first kappa shape index (κ1) is 16.8. The van der Waals surface area contributed by atoms with Gasteiger partial charge in [-0.2, -0.15) is 0 Å². The van der Waals surface area contributed by atoms with Crippen molar-refractivity contribution < 1.29 is 0 Å². The predicted octanol–water partition coefficient (Wildman–Crippen LogP) is 6.57. The van der Waals surface area contributed by atoms with E-state index in [4.69, 9.17) is 0 Å². The maximum Gasteiger partial charge on any atom is -0.0129 e. The Morgan fingerprint density at radius 1 is 0.545 bits per heavy atom. The predicted molar refractivity (Wildman–Crippen MR) is 98.8 cm³/mol. The second-order valence-corrected chi connectivity index (χ2v) is 8.56. The average molecular weight is 294 g/mol. The van der Waals surface area contributed by atoms with Crippen LogP contribution in [0, 0.1) is 13.8 Å².